The summed E-state index contributed by atoms with van der Waals surface area (Å²) < 4.78 is 54.2. The smallest absolute Gasteiger partial charge is 0.267 e. The van der Waals surface area contributed by atoms with Crippen LogP contribution in [0.15, 0.2) is 68.5 Å². The number of hydrogen-bond donors (Lipinski definition) is 9. The van der Waals surface area contributed by atoms with Gasteiger partial charge in [-0.3, -0.25) is 24.0 Å². The zero-order valence-corrected chi connectivity index (χ0v) is 29.0. The SMILES string of the molecule is NC(N)=NC(N)=NCCCCCCN=C(N)N=C(N)N(c1ccc(Cl)cc1)c1ccc(Cl)cc1.O=S(=O)(O)CCO.O=S(=O)(O)CCO. The summed E-state index contributed by atoms with van der Waals surface area (Å²) in [5.74, 6) is -0.911. The predicted molar refractivity (Wildman–Crippen MR) is 191 cm³/mol. The van der Waals surface area contributed by atoms with Gasteiger partial charge >= 0.3 is 0 Å². The molecule has 0 atom stereocenters. The van der Waals surface area contributed by atoms with Crippen LogP contribution in [0.25, 0.3) is 0 Å². The van der Waals surface area contributed by atoms with Crippen LogP contribution in [0.5, 0.6) is 0 Å². The van der Waals surface area contributed by atoms with Crippen LogP contribution < -0.4 is 33.6 Å². The van der Waals surface area contributed by atoms with Crippen LogP contribution in [0.2, 0.25) is 10.0 Å². The summed E-state index contributed by atoms with van der Waals surface area (Å²) in [5.41, 5.74) is 29.9. The van der Waals surface area contributed by atoms with Crippen LogP contribution in [0.4, 0.5) is 11.4 Å². The van der Waals surface area contributed by atoms with Gasteiger partial charge in [-0.25, -0.2) is 0 Å². The Bertz CT molecular complexity index is 1490. The Morgan fingerprint density at radius 3 is 1.27 bits per heavy atom. The van der Waals surface area contributed by atoms with Crippen molar-refractivity contribution >= 4 is 78.7 Å². The fraction of sp³-hybridized carbons (Fsp3) is 0.385. The van der Waals surface area contributed by atoms with E-state index in [1.54, 1.807) is 29.2 Å². The first-order valence-electron chi connectivity index (χ1n) is 13.9. The van der Waals surface area contributed by atoms with E-state index in [2.05, 4.69) is 20.0 Å². The highest BCUT2D eigenvalue weighted by Gasteiger charge is 2.14. The van der Waals surface area contributed by atoms with Gasteiger partial charge in [0.2, 0.25) is 17.9 Å². The van der Waals surface area contributed by atoms with Gasteiger partial charge in [-0.2, -0.15) is 26.8 Å². The Labute approximate surface area is 289 Å². The Morgan fingerprint density at radius 2 is 0.979 bits per heavy atom. The van der Waals surface area contributed by atoms with Crippen LogP contribution in [0, 0.1) is 0 Å². The second-order valence-electron chi connectivity index (χ2n) is 9.21. The van der Waals surface area contributed by atoms with Gasteiger partial charge in [0.1, 0.15) is 0 Å². The van der Waals surface area contributed by atoms with E-state index in [9.17, 15) is 16.8 Å². The lowest BCUT2D eigenvalue weighted by atomic mass is 10.2. The number of aliphatic hydroxyl groups is 2. The maximum absolute atomic E-state index is 9.63. The van der Waals surface area contributed by atoms with Crippen LogP contribution >= 0.6 is 23.2 Å². The minimum Gasteiger partial charge on any atom is -0.395 e. The summed E-state index contributed by atoms with van der Waals surface area (Å²) in [6.07, 6.45) is 3.62. The molecule has 18 nitrogen and oxygen atoms in total. The highest BCUT2D eigenvalue weighted by atomic mass is 35.5. The van der Waals surface area contributed by atoms with Gasteiger partial charge in [0, 0.05) is 34.5 Å². The molecule has 0 aromatic heterocycles. The van der Waals surface area contributed by atoms with Crippen LogP contribution in [0.1, 0.15) is 25.7 Å². The van der Waals surface area contributed by atoms with Gasteiger partial charge in [0.05, 0.1) is 24.7 Å². The van der Waals surface area contributed by atoms with E-state index in [0.717, 1.165) is 37.1 Å². The fourth-order valence-electron chi connectivity index (χ4n) is 3.16. The normalized spacial score (nSPS) is 12.2. The van der Waals surface area contributed by atoms with Crippen molar-refractivity contribution in [3.05, 3.63) is 58.6 Å². The topological polar surface area (TPSA) is 332 Å². The summed E-state index contributed by atoms with van der Waals surface area (Å²) in [4.78, 5) is 18.1. The lowest BCUT2D eigenvalue weighted by molar-refractivity contribution is 0.314. The molecule has 14 N–H and O–H groups in total. The van der Waals surface area contributed by atoms with Crippen molar-refractivity contribution in [2.45, 2.75) is 25.7 Å². The van der Waals surface area contributed by atoms with E-state index in [-0.39, 0.29) is 23.8 Å². The molecule has 0 unspecified atom stereocenters. The number of hydrogen-bond acceptors (Lipinski definition) is 8. The number of aliphatic hydroxyl groups excluding tert-OH is 2. The number of aliphatic imine (C=N–C) groups is 4. The number of nitrogens with zero attached hydrogens (tertiary/aromatic N) is 5. The molecule has 22 heteroatoms. The number of halogens is 2. The number of nitrogens with two attached hydrogens (primary N) is 5. The second kappa shape index (κ2) is 23.5. The van der Waals surface area contributed by atoms with E-state index >= 15 is 0 Å². The lowest BCUT2D eigenvalue weighted by Gasteiger charge is -2.24. The van der Waals surface area contributed by atoms with Crippen molar-refractivity contribution in [3.8, 4) is 0 Å². The van der Waals surface area contributed by atoms with E-state index in [1.807, 2.05) is 24.3 Å². The lowest BCUT2D eigenvalue weighted by Crippen LogP contribution is -2.35. The molecule has 48 heavy (non-hydrogen) atoms. The maximum Gasteiger partial charge on any atom is 0.267 e. The predicted octanol–water partition coefficient (Wildman–Crippen LogP) is 0.642. The van der Waals surface area contributed by atoms with Gasteiger partial charge in [-0.05, 0) is 61.4 Å². The average molecular weight is 758 g/mol. The van der Waals surface area contributed by atoms with E-state index in [4.69, 9.17) is 71.2 Å². The van der Waals surface area contributed by atoms with Gasteiger partial charge in [-0.15, -0.1) is 0 Å². The summed E-state index contributed by atoms with van der Waals surface area (Å²) >= 11 is 12.1. The Balaban J connectivity index is 0.00000131. The first kappa shape index (κ1) is 44.2. The molecule has 0 amide bonds. The van der Waals surface area contributed by atoms with Crippen LogP contribution in [-0.2, 0) is 20.2 Å². The van der Waals surface area contributed by atoms with Crippen molar-refractivity contribution in [1.82, 2.24) is 0 Å². The molecule has 0 heterocycles. The van der Waals surface area contributed by atoms with Crippen molar-refractivity contribution < 1.29 is 36.2 Å². The third-order valence-electron chi connectivity index (χ3n) is 5.18. The molecular weight excluding hydrogens is 715 g/mol. The molecule has 0 spiro atoms. The molecule has 0 saturated carbocycles. The molecule has 0 aliphatic heterocycles. The van der Waals surface area contributed by atoms with Crippen molar-refractivity contribution in [1.29, 1.82) is 0 Å². The summed E-state index contributed by atoms with van der Waals surface area (Å²) in [5, 5.41) is 16.9. The fourth-order valence-corrected chi connectivity index (χ4v) is 3.87. The van der Waals surface area contributed by atoms with Crippen LogP contribution in [0.3, 0.4) is 0 Å². The van der Waals surface area contributed by atoms with Crippen molar-refractivity contribution in [3.63, 3.8) is 0 Å². The highest BCUT2D eigenvalue weighted by molar-refractivity contribution is 7.86. The van der Waals surface area contributed by atoms with Crippen molar-refractivity contribution in [2.75, 3.05) is 42.7 Å². The molecule has 0 aliphatic carbocycles. The minimum atomic E-state index is -3.92. The summed E-state index contributed by atoms with van der Waals surface area (Å²) in [6, 6.07) is 14.4. The Kier molecular flexibility index (Phi) is 21.7. The third-order valence-corrected chi connectivity index (χ3v) is 7.08. The molecule has 0 radical (unpaired) electrons. The number of benzene rings is 2. The zero-order valence-electron chi connectivity index (χ0n) is 25.8. The van der Waals surface area contributed by atoms with Gasteiger partial charge in [0.15, 0.2) is 5.96 Å². The zero-order chi connectivity index (χ0) is 36.8. The molecule has 2 rings (SSSR count). The molecule has 0 aliphatic rings. The maximum atomic E-state index is 9.63. The number of anilines is 2. The van der Waals surface area contributed by atoms with E-state index < -0.39 is 45.0 Å². The van der Waals surface area contributed by atoms with Gasteiger partial charge < -0.3 is 38.9 Å². The molecule has 0 bridgehead atoms. The average Bonchev–Trinajstić information content (AvgIpc) is 2.95. The van der Waals surface area contributed by atoms with E-state index in [1.165, 1.54) is 0 Å². The molecule has 0 saturated heterocycles. The summed E-state index contributed by atoms with van der Waals surface area (Å²) in [7, 11) is -7.85. The van der Waals surface area contributed by atoms with Crippen LogP contribution in [-0.4, -0.2) is 97.8 Å². The molecule has 2 aromatic rings. The second-order valence-corrected chi connectivity index (χ2v) is 13.2. The molecular formula is C26H42Cl2N10O8S2. The first-order valence-corrected chi connectivity index (χ1v) is 17.8. The molecule has 270 valence electrons. The Hall–Kier alpha value is -3.76. The van der Waals surface area contributed by atoms with Gasteiger partial charge in [-0.1, -0.05) is 36.0 Å². The Morgan fingerprint density at radius 1 is 0.625 bits per heavy atom. The quantitative estimate of drug-likeness (QED) is 0.0586. The summed E-state index contributed by atoms with van der Waals surface area (Å²) in [6.45, 7) is 0.0294. The number of rotatable bonds is 13. The van der Waals surface area contributed by atoms with Crippen molar-refractivity contribution in [2.24, 2.45) is 48.6 Å². The minimum absolute atomic E-state index is 0.0825. The van der Waals surface area contributed by atoms with Gasteiger partial charge in [0.25, 0.3) is 20.2 Å². The van der Waals surface area contributed by atoms with E-state index in [0.29, 0.717) is 23.1 Å². The molecule has 0 fully saturated rings. The first-order chi connectivity index (χ1) is 22.4. The third kappa shape index (κ3) is 23.5. The highest BCUT2D eigenvalue weighted by Crippen LogP contribution is 2.27. The largest absolute Gasteiger partial charge is 0.395 e. The standard InChI is InChI=1S/C22H30Cl2N10.2C2H6O4S/c23-15-5-9-17(10-6-15)34(18-11-7-16(24)8-12-18)22(29)33-21(28)31-14-4-2-1-3-13-30-20(27)32-19(25)26;2*3-1-2-7(4,5)6/h5-12H,1-4,13-14H2,(H4,28,29,31,33)(H6,25,26,27,30,32);2*3H,1-2H2,(H,4,5,6). The monoisotopic (exact) mass is 756 g/mol. The number of guanidine groups is 4. The molecule has 2 aromatic carbocycles. The number of unbranched alkanes of at least 4 members (excludes halogenated alkanes) is 3.